The van der Waals surface area contributed by atoms with E-state index in [0.717, 1.165) is 28.4 Å². The van der Waals surface area contributed by atoms with Crippen molar-refractivity contribution in [2.45, 2.75) is 6.92 Å². The van der Waals surface area contributed by atoms with Crippen LogP contribution in [0.4, 0.5) is 17.1 Å². The summed E-state index contributed by atoms with van der Waals surface area (Å²) in [5, 5.41) is 3.90. The number of anilines is 3. The van der Waals surface area contributed by atoms with E-state index in [1.807, 2.05) is 37.3 Å². The van der Waals surface area contributed by atoms with Crippen molar-refractivity contribution in [3.05, 3.63) is 47.0 Å². The van der Waals surface area contributed by atoms with Gasteiger partial charge in [0.05, 0.1) is 17.8 Å². The van der Waals surface area contributed by atoms with Gasteiger partial charge in [-0.1, -0.05) is 17.7 Å². The first-order chi connectivity index (χ1) is 8.61. The molecule has 0 fully saturated rings. The lowest BCUT2D eigenvalue weighted by Gasteiger charge is -2.13. The third-order valence-electron chi connectivity index (χ3n) is 2.82. The normalized spacial score (nSPS) is 10.2. The second-order valence-corrected chi connectivity index (χ2v) is 4.40. The van der Waals surface area contributed by atoms with Crippen LogP contribution >= 0.6 is 11.6 Å². The molecule has 0 heterocycles. The molecule has 0 atom stereocenters. The van der Waals surface area contributed by atoms with Crippen LogP contribution in [0.2, 0.25) is 5.02 Å². The monoisotopic (exact) mass is 262 g/mol. The lowest BCUT2D eigenvalue weighted by molar-refractivity contribution is 0.415. The van der Waals surface area contributed by atoms with E-state index in [1.54, 1.807) is 13.2 Å². The van der Waals surface area contributed by atoms with Crippen LogP contribution in [-0.2, 0) is 0 Å². The Morgan fingerprint density at radius 3 is 2.67 bits per heavy atom. The molecule has 94 valence electrons. The Balaban J connectivity index is 2.36. The van der Waals surface area contributed by atoms with Crippen molar-refractivity contribution < 1.29 is 4.74 Å². The number of benzene rings is 2. The lowest BCUT2D eigenvalue weighted by Crippen LogP contribution is -1.97. The van der Waals surface area contributed by atoms with Crippen molar-refractivity contribution in [1.82, 2.24) is 0 Å². The van der Waals surface area contributed by atoms with Crippen molar-refractivity contribution in [3.8, 4) is 5.75 Å². The highest BCUT2D eigenvalue weighted by Gasteiger charge is 2.06. The molecule has 0 aliphatic heterocycles. The van der Waals surface area contributed by atoms with Crippen molar-refractivity contribution in [2.24, 2.45) is 0 Å². The summed E-state index contributed by atoms with van der Waals surface area (Å²) in [6.45, 7) is 1.96. The molecule has 0 unspecified atom stereocenters. The summed E-state index contributed by atoms with van der Waals surface area (Å²) in [4.78, 5) is 0. The molecule has 18 heavy (non-hydrogen) atoms. The zero-order valence-corrected chi connectivity index (χ0v) is 11.1. The Labute approximate surface area is 112 Å². The van der Waals surface area contributed by atoms with Crippen molar-refractivity contribution >= 4 is 28.7 Å². The van der Waals surface area contributed by atoms with Gasteiger partial charge in [-0.15, -0.1) is 0 Å². The number of nitrogens with two attached hydrogens (primary N) is 1. The number of halogens is 1. The predicted octanol–water partition coefficient (Wildman–Crippen LogP) is 3.98. The molecular formula is C14H15ClN2O. The summed E-state index contributed by atoms with van der Waals surface area (Å²) in [5.41, 5.74) is 9.35. The SMILES string of the molecule is COc1ccc(Cl)c(Nc2cccc(N)c2C)c1. The quantitative estimate of drug-likeness (QED) is 0.823. The summed E-state index contributed by atoms with van der Waals surface area (Å²) < 4.78 is 5.18. The Hall–Kier alpha value is -1.87. The van der Waals surface area contributed by atoms with Gasteiger partial charge in [0.15, 0.2) is 0 Å². The zero-order valence-electron chi connectivity index (χ0n) is 10.3. The number of nitrogens with one attached hydrogen (secondary N) is 1. The van der Waals surface area contributed by atoms with Crippen LogP contribution in [0.15, 0.2) is 36.4 Å². The Bertz CT molecular complexity index is 570. The fourth-order valence-electron chi connectivity index (χ4n) is 1.66. The standard InChI is InChI=1S/C14H15ClN2O/c1-9-12(16)4-3-5-13(9)17-14-8-10(18-2)6-7-11(14)15/h3-8,17H,16H2,1-2H3. The molecular weight excluding hydrogens is 248 g/mol. The number of rotatable bonds is 3. The van der Waals surface area contributed by atoms with Gasteiger partial charge >= 0.3 is 0 Å². The molecule has 4 heteroatoms. The average molecular weight is 263 g/mol. The molecule has 0 radical (unpaired) electrons. The fourth-order valence-corrected chi connectivity index (χ4v) is 1.83. The van der Waals surface area contributed by atoms with Crippen LogP contribution in [0.3, 0.4) is 0 Å². The molecule has 0 spiro atoms. The summed E-state index contributed by atoms with van der Waals surface area (Å²) in [5.74, 6) is 0.753. The van der Waals surface area contributed by atoms with Gasteiger partial charge in [-0.3, -0.25) is 0 Å². The van der Waals surface area contributed by atoms with Crippen LogP contribution < -0.4 is 15.8 Å². The molecule has 3 N–H and O–H groups in total. The average Bonchev–Trinajstić information content (AvgIpc) is 2.37. The lowest BCUT2D eigenvalue weighted by atomic mass is 10.1. The van der Waals surface area contributed by atoms with Crippen LogP contribution in [0, 0.1) is 6.92 Å². The highest BCUT2D eigenvalue weighted by Crippen LogP contribution is 2.31. The molecule has 0 saturated carbocycles. The van der Waals surface area contributed by atoms with E-state index in [4.69, 9.17) is 22.1 Å². The molecule has 0 aliphatic rings. The Morgan fingerprint density at radius 1 is 1.17 bits per heavy atom. The van der Waals surface area contributed by atoms with E-state index in [2.05, 4.69) is 5.32 Å². The summed E-state index contributed by atoms with van der Waals surface area (Å²) in [6, 6.07) is 11.2. The molecule has 2 rings (SSSR count). The number of nitrogen functional groups attached to an aromatic ring is 1. The van der Waals surface area contributed by atoms with Gasteiger partial charge in [0.1, 0.15) is 5.75 Å². The van der Waals surface area contributed by atoms with Crippen LogP contribution in [-0.4, -0.2) is 7.11 Å². The topological polar surface area (TPSA) is 47.3 Å². The first kappa shape index (κ1) is 12.6. The first-order valence-corrected chi connectivity index (χ1v) is 5.95. The maximum Gasteiger partial charge on any atom is 0.121 e. The summed E-state index contributed by atoms with van der Waals surface area (Å²) in [6.07, 6.45) is 0. The van der Waals surface area contributed by atoms with E-state index in [0.29, 0.717) is 5.02 Å². The first-order valence-electron chi connectivity index (χ1n) is 5.57. The third kappa shape index (κ3) is 2.51. The zero-order chi connectivity index (χ0) is 13.1. The Morgan fingerprint density at radius 2 is 1.94 bits per heavy atom. The molecule has 0 amide bonds. The van der Waals surface area contributed by atoms with Crippen molar-refractivity contribution in [2.75, 3.05) is 18.2 Å². The largest absolute Gasteiger partial charge is 0.497 e. The second kappa shape index (κ2) is 5.19. The van der Waals surface area contributed by atoms with E-state index in [1.165, 1.54) is 0 Å². The van der Waals surface area contributed by atoms with Gasteiger partial charge in [-0.2, -0.15) is 0 Å². The van der Waals surface area contributed by atoms with Crippen LogP contribution in [0.1, 0.15) is 5.56 Å². The molecule has 0 aromatic heterocycles. The molecule has 0 aliphatic carbocycles. The van der Waals surface area contributed by atoms with Crippen LogP contribution in [0.25, 0.3) is 0 Å². The van der Waals surface area contributed by atoms with Gasteiger partial charge in [0, 0.05) is 17.4 Å². The maximum absolute atomic E-state index is 6.15. The molecule has 3 nitrogen and oxygen atoms in total. The number of methoxy groups -OCH3 is 1. The molecule has 2 aromatic rings. The van der Waals surface area contributed by atoms with Crippen LogP contribution in [0.5, 0.6) is 5.75 Å². The van der Waals surface area contributed by atoms with Crippen molar-refractivity contribution in [3.63, 3.8) is 0 Å². The minimum atomic E-state index is 0.637. The Kier molecular flexibility index (Phi) is 3.63. The second-order valence-electron chi connectivity index (χ2n) is 3.99. The third-order valence-corrected chi connectivity index (χ3v) is 3.15. The van der Waals surface area contributed by atoms with Gasteiger partial charge < -0.3 is 15.8 Å². The number of ether oxygens (including phenoxy) is 1. The van der Waals surface area contributed by atoms with Crippen molar-refractivity contribution in [1.29, 1.82) is 0 Å². The van der Waals surface area contributed by atoms with E-state index in [9.17, 15) is 0 Å². The maximum atomic E-state index is 6.15. The minimum absolute atomic E-state index is 0.637. The number of hydrogen-bond acceptors (Lipinski definition) is 3. The molecule has 0 bridgehead atoms. The highest BCUT2D eigenvalue weighted by atomic mass is 35.5. The van der Waals surface area contributed by atoms with Gasteiger partial charge in [-0.05, 0) is 36.8 Å². The fraction of sp³-hybridized carbons (Fsp3) is 0.143. The highest BCUT2D eigenvalue weighted by molar-refractivity contribution is 6.33. The van der Waals surface area contributed by atoms with E-state index < -0.39 is 0 Å². The van der Waals surface area contributed by atoms with Gasteiger partial charge in [0.25, 0.3) is 0 Å². The van der Waals surface area contributed by atoms with E-state index >= 15 is 0 Å². The smallest absolute Gasteiger partial charge is 0.121 e. The van der Waals surface area contributed by atoms with E-state index in [-0.39, 0.29) is 0 Å². The van der Waals surface area contributed by atoms with Gasteiger partial charge in [0.2, 0.25) is 0 Å². The van der Waals surface area contributed by atoms with Gasteiger partial charge in [-0.25, -0.2) is 0 Å². The minimum Gasteiger partial charge on any atom is -0.497 e. The number of hydrogen-bond donors (Lipinski definition) is 2. The molecule has 2 aromatic carbocycles. The summed E-state index contributed by atoms with van der Waals surface area (Å²) >= 11 is 6.15. The predicted molar refractivity (Wildman–Crippen MR) is 76.9 cm³/mol. The summed E-state index contributed by atoms with van der Waals surface area (Å²) in [7, 11) is 1.62. The molecule has 0 saturated heterocycles.